The molecule has 1 saturated heterocycles. The first-order chi connectivity index (χ1) is 11.5. The summed E-state index contributed by atoms with van der Waals surface area (Å²) in [5.74, 6) is -2.26. The van der Waals surface area contributed by atoms with Gasteiger partial charge in [0, 0.05) is 18.7 Å². The van der Waals surface area contributed by atoms with Gasteiger partial charge in [-0.15, -0.1) is 0 Å². The van der Waals surface area contributed by atoms with Crippen LogP contribution in [-0.4, -0.2) is 18.4 Å². The molecule has 2 aromatic carbocycles. The Labute approximate surface area is 138 Å². The number of hydrogen-bond acceptors (Lipinski definition) is 2. The Kier molecular flexibility index (Phi) is 4.29. The predicted octanol–water partition coefficient (Wildman–Crippen LogP) is 3.26. The third-order valence-electron chi connectivity index (χ3n) is 4.10. The summed E-state index contributed by atoms with van der Waals surface area (Å²) in [6.45, 7) is 1.85. The Morgan fingerprint density at radius 2 is 1.96 bits per heavy atom. The predicted molar refractivity (Wildman–Crippen MR) is 86.6 cm³/mol. The van der Waals surface area contributed by atoms with Gasteiger partial charge >= 0.3 is 0 Å². The highest BCUT2D eigenvalue weighted by molar-refractivity contribution is 6.03. The van der Waals surface area contributed by atoms with Gasteiger partial charge in [0.1, 0.15) is 11.6 Å². The van der Waals surface area contributed by atoms with E-state index in [2.05, 4.69) is 5.32 Å². The molecular formula is C18H16F2N2O2. The topological polar surface area (TPSA) is 49.4 Å². The molecule has 0 radical (unpaired) electrons. The number of nitrogens with one attached hydrogen (secondary N) is 1. The molecule has 2 amide bonds. The van der Waals surface area contributed by atoms with E-state index >= 15 is 0 Å². The van der Waals surface area contributed by atoms with Gasteiger partial charge in [-0.25, -0.2) is 8.78 Å². The number of benzene rings is 2. The maximum Gasteiger partial charge on any atom is 0.229 e. The van der Waals surface area contributed by atoms with Gasteiger partial charge in [0.2, 0.25) is 11.8 Å². The summed E-state index contributed by atoms with van der Waals surface area (Å²) in [4.78, 5) is 25.8. The maximum absolute atomic E-state index is 13.9. The van der Waals surface area contributed by atoms with Gasteiger partial charge in [-0.3, -0.25) is 9.59 Å². The van der Waals surface area contributed by atoms with Crippen molar-refractivity contribution in [2.75, 3.05) is 16.8 Å². The highest BCUT2D eigenvalue weighted by Crippen LogP contribution is 2.28. The van der Waals surface area contributed by atoms with Gasteiger partial charge in [-0.1, -0.05) is 18.2 Å². The van der Waals surface area contributed by atoms with Gasteiger partial charge in [0.25, 0.3) is 0 Å². The average Bonchev–Trinajstić information content (AvgIpc) is 2.93. The minimum atomic E-state index is -0.611. The van der Waals surface area contributed by atoms with Crippen molar-refractivity contribution in [1.29, 1.82) is 0 Å². The summed E-state index contributed by atoms with van der Waals surface area (Å²) in [5, 5.41) is 2.65. The van der Waals surface area contributed by atoms with Crippen LogP contribution < -0.4 is 10.2 Å². The quantitative estimate of drug-likeness (QED) is 0.939. The van der Waals surface area contributed by atoms with E-state index in [4.69, 9.17) is 0 Å². The average molecular weight is 330 g/mol. The van der Waals surface area contributed by atoms with Gasteiger partial charge < -0.3 is 10.2 Å². The van der Waals surface area contributed by atoms with E-state index in [1.165, 1.54) is 35.2 Å². The fourth-order valence-electron chi connectivity index (χ4n) is 2.75. The third kappa shape index (κ3) is 3.13. The minimum absolute atomic E-state index is 0.00543. The van der Waals surface area contributed by atoms with Gasteiger partial charge in [0.05, 0.1) is 11.6 Å². The molecule has 1 aliphatic rings. The molecule has 6 heteroatoms. The molecule has 124 valence electrons. The number of aryl methyl sites for hydroxylation is 1. The largest absolute Gasteiger partial charge is 0.325 e. The van der Waals surface area contributed by atoms with Crippen LogP contribution in [0.1, 0.15) is 12.0 Å². The molecule has 2 aromatic rings. The Bertz CT molecular complexity index is 807. The zero-order valence-electron chi connectivity index (χ0n) is 13.1. The number of carbonyl (C=O) groups excluding carboxylic acids is 2. The van der Waals surface area contributed by atoms with Crippen LogP contribution in [0, 0.1) is 24.5 Å². The Balaban J connectivity index is 1.75. The van der Waals surface area contributed by atoms with Crippen molar-refractivity contribution in [3.8, 4) is 0 Å². The van der Waals surface area contributed by atoms with Crippen LogP contribution in [0.2, 0.25) is 0 Å². The van der Waals surface area contributed by atoms with Gasteiger partial charge in [-0.05, 0) is 36.8 Å². The molecule has 0 aliphatic carbocycles. The number of hydrogen-bond donors (Lipinski definition) is 1. The van der Waals surface area contributed by atoms with Crippen molar-refractivity contribution in [3.63, 3.8) is 0 Å². The summed E-state index contributed by atoms with van der Waals surface area (Å²) >= 11 is 0. The highest BCUT2D eigenvalue weighted by atomic mass is 19.1. The second-order valence-electron chi connectivity index (χ2n) is 5.81. The Hall–Kier alpha value is -2.76. The van der Waals surface area contributed by atoms with Crippen molar-refractivity contribution in [1.82, 2.24) is 0 Å². The standard InChI is InChI=1S/C18H16F2N2O2/c1-11-6-7-13(19)9-15(11)21-18(24)12-8-17(23)22(10-12)16-5-3-2-4-14(16)20/h2-7,9,12H,8,10H2,1H3,(H,21,24)/t12-/m1/s1. The highest BCUT2D eigenvalue weighted by Gasteiger charge is 2.36. The van der Waals surface area contributed by atoms with Crippen molar-refractivity contribution >= 4 is 23.2 Å². The number of anilines is 2. The minimum Gasteiger partial charge on any atom is -0.325 e. The third-order valence-corrected chi connectivity index (χ3v) is 4.10. The monoisotopic (exact) mass is 330 g/mol. The molecule has 24 heavy (non-hydrogen) atoms. The fraction of sp³-hybridized carbons (Fsp3) is 0.222. The molecule has 1 fully saturated rings. The molecule has 1 atom stereocenters. The lowest BCUT2D eigenvalue weighted by molar-refractivity contribution is -0.122. The van der Waals surface area contributed by atoms with Crippen LogP contribution in [0.25, 0.3) is 0 Å². The van der Waals surface area contributed by atoms with Crippen molar-refractivity contribution < 1.29 is 18.4 Å². The molecule has 0 unspecified atom stereocenters. The van der Waals surface area contributed by atoms with Crippen LogP contribution in [0.3, 0.4) is 0 Å². The van der Waals surface area contributed by atoms with Crippen LogP contribution in [0.15, 0.2) is 42.5 Å². The zero-order chi connectivity index (χ0) is 17.3. The molecule has 0 saturated carbocycles. The maximum atomic E-state index is 13.9. The molecule has 0 spiro atoms. The lowest BCUT2D eigenvalue weighted by atomic mass is 10.1. The van der Waals surface area contributed by atoms with E-state index < -0.39 is 17.6 Å². The number of rotatable bonds is 3. The summed E-state index contributed by atoms with van der Waals surface area (Å²) in [6.07, 6.45) is -0.00543. The Morgan fingerprint density at radius 3 is 2.71 bits per heavy atom. The first kappa shape index (κ1) is 16.1. The molecule has 0 bridgehead atoms. The summed E-state index contributed by atoms with van der Waals surface area (Å²) in [5.41, 5.74) is 1.26. The first-order valence-corrected chi connectivity index (χ1v) is 7.57. The normalized spacial score (nSPS) is 17.2. The van der Waals surface area contributed by atoms with Crippen molar-refractivity contribution in [2.24, 2.45) is 5.92 Å². The van der Waals surface area contributed by atoms with Crippen LogP contribution in [-0.2, 0) is 9.59 Å². The van der Waals surface area contributed by atoms with E-state index in [-0.39, 0.29) is 30.5 Å². The number of amides is 2. The van der Waals surface area contributed by atoms with Crippen LogP contribution in [0.5, 0.6) is 0 Å². The van der Waals surface area contributed by atoms with Gasteiger partial charge in [-0.2, -0.15) is 0 Å². The lowest BCUT2D eigenvalue weighted by Gasteiger charge is -2.17. The summed E-state index contributed by atoms with van der Waals surface area (Å²) < 4.78 is 27.2. The fourth-order valence-corrected chi connectivity index (χ4v) is 2.75. The van der Waals surface area contributed by atoms with E-state index in [1.807, 2.05) is 0 Å². The van der Waals surface area contributed by atoms with E-state index in [1.54, 1.807) is 19.1 Å². The molecule has 0 aromatic heterocycles. The zero-order valence-corrected chi connectivity index (χ0v) is 13.1. The number of nitrogens with zero attached hydrogens (tertiary/aromatic N) is 1. The second kappa shape index (κ2) is 6.39. The smallest absolute Gasteiger partial charge is 0.229 e. The van der Waals surface area contributed by atoms with Crippen molar-refractivity contribution in [3.05, 3.63) is 59.7 Å². The SMILES string of the molecule is Cc1ccc(F)cc1NC(=O)[C@@H]1CC(=O)N(c2ccccc2F)C1. The molecule has 1 heterocycles. The first-order valence-electron chi connectivity index (χ1n) is 7.57. The van der Waals surface area contributed by atoms with Gasteiger partial charge in [0.15, 0.2) is 0 Å². The van der Waals surface area contributed by atoms with E-state index in [0.717, 1.165) is 5.56 Å². The number of carbonyl (C=O) groups is 2. The molecule has 3 rings (SSSR count). The second-order valence-corrected chi connectivity index (χ2v) is 5.81. The lowest BCUT2D eigenvalue weighted by Crippen LogP contribution is -2.28. The van der Waals surface area contributed by atoms with E-state index in [9.17, 15) is 18.4 Å². The molecule has 4 nitrogen and oxygen atoms in total. The molecule has 1 N–H and O–H groups in total. The van der Waals surface area contributed by atoms with Crippen LogP contribution >= 0.6 is 0 Å². The molecular weight excluding hydrogens is 314 g/mol. The summed E-state index contributed by atoms with van der Waals surface area (Å²) in [7, 11) is 0. The Morgan fingerprint density at radius 1 is 1.21 bits per heavy atom. The number of halogens is 2. The van der Waals surface area contributed by atoms with Crippen LogP contribution in [0.4, 0.5) is 20.2 Å². The molecule has 1 aliphatic heterocycles. The number of para-hydroxylation sites is 1. The van der Waals surface area contributed by atoms with Crippen molar-refractivity contribution in [2.45, 2.75) is 13.3 Å². The van der Waals surface area contributed by atoms with E-state index in [0.29, 0.717) is 5.69 Å². The summed E-state index contributed by atoms with van der Waals surface area (Å²) in [6, 6.07) is 10.1.